The Balaban J connectivity index is 1.83. The number of hydrogen-bond acceptors (Lipinski definition) is 3. The molecule has 0 amide bonds. The largest absolute Gasteiger partial charge is 0.493 e. The van der Waals surface area contributed by atoms with Crippen LogP contribution in [0.25, 0.3) is 0 Å². The summed E-state index contributed by atoms with van der Waals surface area (Å²) >= 11 is 0. The van der Waals surface area contributed by atoms with Gasteiger partial charge in [-0.2, -0.15) is 0 Å². The molecule has 1 aliphatic rings. The highest BCUT2D eigenvalue weighted by molar-refractivity contribution is 5.80. The highest BCUT2D eigenvalue weighted by atomic mass is 16.5. The maximum absolute atomic E-state index is 5.75. The maximum Gasteiger partial charge on any atom is 0.191 e. The van der Waals surface area contributed by atoms with Gasteiger partial charge in [0.2, 0.25) is 0 Å². The van der Waals surface area contributed by atoms with E-state index < -0.39 is 0 Å². The highest BCUT2D eigenvalue weighted by Crippen LogP contribution is 2.18. The second kappa shape index (κ2) is 9.66. The molecule has 1 aromatic rings. The van der Waals surface area contributed by atoms with Crippen molar-refractivity contribution in [1.82, 2.24) is 15.5 Å². The van der Waals surface area contributed by atoms with Gasteiger partial charge in [-0.25, -0.2) is 0 Å². The summed E-state index contributed by atoms with van der Waals surface area (Å²) in [5.41, 5.74) is 1.22. The van der Waals surface area contributed by atoms with Gasteiger partial charge in [0.05, 0.1) is 12.6 Å². The number of nitrogens with zero attached hydrogens (tertiary/aromatic N) is 2. The van der Waals surface area contributed by atoms with E-state index in [9.17, 15) is 0 Å². The average Bonchev–Trinajstić information content (AvgIpc) is 3.02. The van der Waals surface area contributed by atoms with E-state index in [-0.39, 0.29) is 6.04 Å². The highest BCUT2D eigenvalue weighted by Gasteiger charge is 2.20. The third-order valence-corrected chi connectivity index (χ3v) is 4.72. The minimum Gasteiger partial charge on any atom is -0.493 e. The van der Waals surface area contributed by atoms with Crippen LogP contribution in [0.3, 0.4) is 0 Å². The number of rotatable bonds is 7. The van der Waals surface area contributed by atoms with Crippen molar-refractivity contribution in [2.24, 2.45) is 10.9 Å². The van der Waals surface area contributed by atoms with Crippen LogP contribution in [0.15, 0.2) is 29.3 Å². The number of guanidine groups is 1. The first-order valence-electron chi connectivity index (χ1n) is 9.39. The Labute approximate surface area is 152 Å². The number of aliphatic imine (C=N–C) groups is 1. The van der Waals surface area contributed by atoms with Crippen molar-refractivity contribution in [3.63, 3.8) is 0 Å². The third kappa shape index (κ3) is 6.24. The molecule has 1 aliphatic heterocycles. The maximum atomic E-state index is 5.75. The van der Waals surface area contributed by atoms with Crippen LogP contribution in [-0.2, 0) is 0 Å². The fraction of sp³-hybridized carbons (Fsp3) is 0.650. The van der Waals surface area contributed by atoms with Crippen LogP contribution >= 0.6 is 0 Å². The molecule has 140 valence electrons. The predicted molar refractivity (Wildman–Crippen MR) is 105 cm³/mol. The zero-order valence-corrected chi connectivity index (χ0v) is 16.4. The zero-order valence-electron chi connectivity index (χ0n) is 16.4. The summed E-state index contributed by atoms with van der Waals surface area (Å²) in [6.07, 6.45) is 2.55. The van der Waals surface area contributed by atoms with Gasteiger partial charge in [-0.1, -0.05) is 26.0 Å². The molecule has 2 N–H and O–H groups in total. The molecule has 1 fully saturated rings. The lowest BCUT2D eigenvalue weighted by Crippen LogP contribution is -2.44. The van der Waals surface area contributed by atoms with Crippen LogP contribution in [0.2, 0.25) is 0 Å². The molecule has 1 aromatic carbocycles. The number of likely N-dealkylation sites (N-methyl/N-ethyl adjacent to an activating group) is 1. The number of benzene rings is 1. The van der Waals surface area contributed by atoms with Gasteiger partial charge in [0, 0.05) is 19.6 Å². The molecular formula is C20H34N4O. The second-order valence-electron chi connectivity index (χ2n) is 7.37. The average molecular weight is 347 g/mol. The van der Waals surface area contributed by atoms with Crippen molar-refractivity contribution < 1.29 is 4.74 Å². The van der Waals surface area contributed by atoms with E-state index in [0.29, 0.717) is 12.0 Å². The molecule has 2 unspecified atom stereocenters. The van der Waals surface area contributed by atoms with E-state index in [1.807, 2.05) is 19.2 Å². The zero-order chi connectivity index (χ0) is 18.2. The van der Waals surface area contributed by atoms with Crippen LogP contribution in [-0.4, -0.2) is 50.7 Å². The Bertz CT molecular complexity index is 541. The van der Waals surface area contributed by atoms with Gasteiger partial charge in [0.25, 0.3) is 0 Å². The second-order valence-corrected chi connectivity index (χ2v) is 7.37. The molecule has 0 aromatic heterocycles. The summed E-state index contributed by atoms with van der Waals surface area (Å²) in [4.78, 5) is 6.77. The summed E-state index contributed by atoms with van der Waals surface area (Å²) < 4.78 is 5.75. The van der Waals surface area contributed by atoms with Crippen molar-refractivity contribution in [3.05, 3.63) is 29.8 Å². The Kier molecular flexibility index (Phi) is 7.56. The molecule has 25 heavy (non-hydrogen) atoms. The van der Waals surface area contributed by atoms with E-state index in [4.69, 9.17) is 4.74 Å². The van der Waals surface area contributed by atoms with Gasteiger partial charge in [-0.3, -0.25) is 4.99 Å². The molecule has 2 rings (SSSR count). The summed E-state index contributed by atoms with van der Waals surface area (Å²) in [6, 6.07) is 9.11. The quantitative estimate of drug-likeness (QED) is 0.588. The van der Waals surface area contributed by atoms with Gasteiger partial charge >= 0.3 is 0 Å². The van der Waals surface area contributed by atoms with E-state index in [0.717, 1.165) is 24.9 Å². The van der Waals surface area contributed by atoms with Crippen molar-refractivity contribution in [1.29, 1.82) is 0 Å². The topological polar surface area (TPSA) is 48.9 Å². The molecule has 0 bridgehead atoms. The standard InChI is InChI=1S/C20H34N4O/c1-15(2)14-25-19-10-8-17(9-11-19)16(3)23-20(21-4)22-13-18-7-6-12-24(18)5/h8-11,15-16,18H,6-7,12-14H2,1-5H3,(H2,21,22,23). The van der Waals surface area contributed by atoms with Gasteiger partial charge < -0.3 is 20.3 Å². The number of hydrogen-bond donors (Lipinski definition) is 2. The minimum absolute atomic E-state index is 0.187. The fourth-order valence-corrected chi connectivity index (χ4v) is 3.05. The summed E-state index contributed by atoms with van der Waals surface area (Å²) in [7, 11) is 4.02. The molecule has 0 spiro atoms. The molecule has 5 heteroatoms. The SMILES string of the molecule is CN=C(NCC1CCCN1C)NC(C)c1ccc(OCC(C)C)cc1. The minimum atomic E-state index is 0.187. The lowest BCUT2D eigenvalue weighted by atomic mass is 10.1. The molecular weight excluding hydrogens is 312 g/mol. The molecule has 2 atom stereocenters. The molecule has 0 saturated carbocycles. The lowest BCUT2D eigenvalue weighted by molar-refractivity contribution is 0.271. The summed E-state index contributed by atoms with van der Waals surface area (Å²) in [6.45, 7) is 9.34. The summed E-state index contributed by atoms with van der Waals surface area (Å²) in [5, 5.41) is 6.93. The molecule has 1 heterocycles. The van der Waals surface area contributed by atoms with Crippen molar-refractivity contribution >= 4 is 5.96 Å². The molecule has 0 radical (unpaired) electrons. The molecule has 1 saturated heterocycles. The van der Waals surface area contributed by atoms with Crippen molar-refractivity contribution in [2.75, 3.05) is 33.8 Å². The van der Waals surface area contributed by atoms with E-state index >= 15 is 0 Å². The normalized spacial score (nSPS) is 19.9. The van der Waals surface area contributed by atoms with Crippen molar-refractivity contribution in [2.45, 2.75) is 45.7 Å². The van der Waals surface area contributed by atoms with Crippen LogP contribution < -0.4 is 15.4 Å². The number of likely N-dealkylation sites (tertiary alicyclic amines) is 1. The Morgan fingerprint density at radius 2 is 2.00 bits per heavy atom. The van der Waals surface area contributed by atoms with E-state index in [2.05, 4.69) is 60.5 Å². The smallest absolute Gasteiger partial charge is 0.191 e. The molecule has 5 nitrogen and oxygen atoms in total. The third-order valence-electron chi connectivity index (χ3n) is 4.72. The van der Waals surface area contributed by atoms with Crippen LogP contribution in [0.5, 0.6) is 5.75 Å². The van der Waals surface area contributed by atoms with Crippen LogP contribution in [0, 0.1) is 5.92 Å². The van der Waals surface area contributed by atoms with Crippen LogP contribution in [0.4, 0.5) is 0 Å². The number of ether oxygens (including phenoxy) is 1. The van der Waals surface area contributed by atoms with Crippen molar-refractivity contribution in [3.8, 4) is 5.75 Å². The Morgan fingerprint density at radius 3 is 2.56 bits per heavy atom. The predicted octanol–water partition coefficient (Wildman–Crippen LogP) is 3.04. The van der Waals surface area contributed by atoms with E-state index in [1.165, 1.54) is 24.9 Å². The Morgan fingerprint density at radius 1 is 1.28 bits per heavy atom. The lowest BCUT2D eigenvalue weighted by Gasteiger charge is -2.23. The van der Waals surface area contributed by atoms with Gasteiger partial charge in [-0.05, 0) is 57.0 Å². The number of nitrogens with one attached hydrogen (secondary N) is 2. The first kappa shape index (κ1) is 19.6. The first-order chi connectivity index (χ1) is 12.0. The van der Waals surface area contributed by atoms with Gasteiger partial charge in [-0.15, -0.1) is 0 Å². The molecule has 0 aliphatic carbocycles. The first-order valence-corrected chi connectivity index (χ1v) is 9.39. The Hall–Kier alpha value is -1.75. The van der Waals surface area contributed by atoms with Gasteiger partial charge in [0.1, 0.15) is 5.75 Å². The van der Waals surface area contributed by atoms with Crippen LogP contribution in [0.1, 0.15) is 45.2 Å². The van der Waals surface area contributed by atoms with Gasteiger partial charge in [0.15, 0.2) is 5.96 Å². The fourth-order valence-electron chi connectivity index (χ4n) is 3.05. The summed E-state index contributed by atoms with van der Waals surface area (Å²) in [5.74, 6) is 2.32. The van der Waals surface area contributed by atoms with E-state index in [1.54, 1.807) is 0 Å². The monoisotopic (exact) mass is 346 g/mol.